The lowest BCUT2D eigenvalue weighted by Crippen LogP contribution is -2.49. The van der Waals surface area contributed by atoms with E-state index in [0.717, 1.165) is 29.9 Å². The molecule has 0 bridgehead atoms. The number of carbonyl (C=O) groups is 1. The predicted molar refractivity (Wildman–Crippen MR) is 110 cm³/mol. The van der Waals surface area contributed by atoms with E-state index in [2.05, 4.69) is 34.3 Å². The number of piperazine rings is 1. The van der Waals surface area contributed by atoms with Gasteiger partial charge in [0.15, 0.2) is 0 Å². The zero-order valence-corrected chi connectivity index (χ0v) is 16.3. The van der Waals surface area contributed by atoms with Gasteiger partial charge in [0.1, 0.15) is 0 Å². The van der Waals surface area contributed by atoms with E-state index in [1.807, 2.05) is 36.4 Å². The van der Waals surface area contributed by atoms with Crippen molar-refractivity contribution < 1.29 is 14.4 Å². The van der Waals surface area contributed by atoms with E-state index in [-0.39, 0.29) is 24.2 Å². The molecule has 1 aliphatic rings. The fourth-order valence-electron chi connectivity index (χ4n) is 3.82. The summed E-state index contributed by atoms with van der Waals surface area (Å²) in [6.07, 6.45) is 0. The van der Waals surface area contributed by atoms with Crippen molar-refractivity contribution in [1.29, 1.82) is 0 Å². The number of amides is 1. The van der Waals surface area contributed by atoms with E-state index in [4.69, 9.17) is 9.63 Å². The van der Waals surface area contributed by atoms with Crippen molar-refractivity contribution in [3.05, 3.63) is 89.3 Å². The Kier molecular flexibility index (Phi) is 6.03. The highest BCUT2D eigenvalue weighted by Gasteiger charge is 2.27. The summed E-state index contributed by atoms with van der Waals surface area (Å²) < 4.78 is 5.48. The summed E-state index contributed by atoms with van der Waals surface area (Å²) >= 11 is 0. The minimum absolute atomic E-state index is 0.0934. The first-order valence-corrected chi connectivity index (χ1v) is 9.95. The van der Waals surface area contributed by atoms with Gasteiger partial charge in [0, 0.05) is 38.8 Å². The van der Waals surface area contributed by atoms with E-state index >= 15 is 0 Å². The van der Waals surface area contributed by atoms with Gasteiger partial charge < -0.3 is 14.5 Å². The number of hydrogen-bond acceptors (Lipinski definition) is 5. The Morgan fingerprint density at radius 1 is 0.966 bits per heavy atom. The van der Waals surface area contributed by atoms with Crippen LogP contribution in [-0.2, 0) is 0 Å². The molecule has 0 unspecified atom stereocenters. The van der Waals surface area contributed by atoms with Crippen molar-refractivity contribution in [3.63, 3.8) is 0 Å². The van der Waals surface area contributed by atoms with Gasteiger partial charge in [-0.05, 0) is 11.1 Å². The second kappa shape index (κ2) is 9.03. The monoisotopic (exact) mass is 391 g/mol. The smallest absolute Gasteiger partial charge is 0.292 e. The van der Waals surface area contributed by atoms with Gasteiger partial charge in [-0.25, -0.2) is 0 Å². The van der Waals surface area contributed by atoms with Crippen LogP contribution in [0.25, 0.3) is 0 Å². The average Bonchev–Trinajstić information content (AvgIpc) is 3.25. The van der Waals surface area contributed by atoms with Crippen LogP contribution in [-0.4, -0.2) is 65.3 Å². The second-order valence-electron chi connectivity index (χ2n) is 7.23. The zero-order valence-electron chi connectivity index (χ0n) is 16.3. The Morgan fingerprint density at radius 3 is 2.10 bits per heavy atom. The van der Waals surface area contributed by atoms with Gasteiger partial charge in [-0.1, -0.05) is 65.8 Å². The number of benzene rings is 2. The van der Waals surface area contributed by atoms with Gasteiger partial charge in [-0.2, -0.15) is 0 Å². The molecule has 1 aliphatic heterocycles. The average molecular weight is 391 g/mol. The number of aromatic nitrogens is 1. The Morgan fingerprint density at radius 2 is 1.55 bits per heavy atom. The van der Waals surface area contributed by atoms with Crippen molar-refractivity contribution >= 4 is 5.91 Å². The van der Waals surface area contributed by atoms with Gasteiger partial charge in [-0.3, -0.25) is 9.69 Å². The summed E-state index contributed by atoms with van der Waals surface area (Å²) in [4.78, 5) is 16.8. The molecule has 0 radical (unpaired) electrons. The van der Waals surface area contributed by atoms with E-state index in [1.54, 1.807) is 11.0 Å². The third-order valence-electron chi connectivity index (χ3n) is 5.38. The molecule has 1 fully saturated rings. The molecule has 4 rings (SSSR count). The number of β-amino-alcohol motifs (C(OH)–C–C–N with tert-alkyl or cyclic N) is 1. The maximum atomic E-state index is 12.9. The van der Waals surface area contributed by atoms with Crippen molar-refractivity contribution in [2.75, 3.05) is 39.3 Å². The largest absolute Gasteiger partial charge is 0.395 e. The van der Waals surface area contributed by atoms with Gasteiger partial charge >= 0.3 is 0 Å². The second-order valence-corrected chi connectivity index (χ2v) is 7.23. The molecular formula is C23H25N3O3. The minimum Gasteiger partial charge on any atom is -0.395 e. The van der Waals surface area contributed by atoms with Crippen LogP contribution in [0.5, 0.6) is 0 Å². The zero-order chi connectivity index (χ0) is 20.1. The molecule has 0 spiro atoms. The van der Waals surface area contributed by atoms with Gasteiger partial charge in [0.2, 0.25) is 5.76 Å². The lowest BCUT2D eigenvalue weighted by atomic mass is 9.88. The van der Waals surface area contributed by atoms with Crippen LogP contribution in [0, 0.1) is 0 Å². The third-order valence-corrected chi connectivity index (χ3v) is 5.38. The molecule has 2 aromatic carbocycles. The number of aliphatic hydroxyl groups is 1. The Hall–Kier alpha value is -2.96. The van der Waals surface area contributed by atoms with Crippen molar-refractivity contribution in [3.8, 4) is 0 Å². The number of carbonyl (C=O) groups excluding carboxylic acids is 1. The maximum Gasteiger partial charge on any atom is 0.292 e. The summed E-state index contributed by atoms with van der Waals surface area (Å²) in [5.41, 5.74) is 2.93. The molecular weight excluding hydrogens is 366 g/mol. The van der Waals surface area contributed by atoms with Gasteiger partial charge in [0.05, 0.1) is 18.2 Å². The standard InChI is InChI=1S/C23H25N3O3/c27-16-15-25-11-13-26(14-12-25)23(28)21-17-20(24-29-21)22(18-7-3-1-4-8-18)19-9-5-2-6-10-19/h1-10,17,22,27H,11-16H2. The fourth-order valence-corrected chi connectivity index (χ4v) is 3.82. The van der Waals surface area contributed by atoms with Crippen molar-refractivity contribution in [2.45, 2.75) is 5.92 Å². The van der Waals surface area contributed by atoms with E-state index < -0.39 is 0 Å². The first kappa shape index (κ1) is 19.4. The predicted octanol–water partition coefficient (Wildman–Crippen LogP) is 2.60. The minimum atomic E-state index is -0.132. The number of aliphatic hydroxyl groups excluding tert-OH is 1. The molecule has 1 aromatic heterocycles. The lowest BCUT2D eigenvalue weighted by molar-refractivity contribution is 0.0576. The highest BCUT2D eigenvalue weighted by atomic mass is 16.5. The molecule has 0 aliphatic carbocycles. The molecule has 6 nitrogen and oxygen atoms in total. The molecule has 3 aromatic rings. The van der Waals surface area contributed by atoms with Crippen LogP contribution < -0.4 is 0 Å². The first-order chi connectivity index (χ1) is 14.3. The fraction of sp³-hybridized carbons (Fsp3) is 0.304. The highest BCUT2D eigenvalue weighted by Crippen LogP contribution is 2.31. The van der Waals surface area contributed by atoms with Crippen LogP contribution in [0.3, 0.4) is 0 Å². The number of hydrogen-bond donors (Lipinski definition) is 1. The van der Waals surface area contributed by atoms with Crippen LogP contribution in [0.4, 0.5) is 0 Å². The molecule has 150 valence electrons. The molecule has 1 N–H and O–H groups in total. The Bertz CT molecular complexity index is 879. The summed E-state index contributed by atoms with van der Waals surface area (Å²) in [5, 5.41) is 13.3. The highest BCUT2D eigenvalue weighted by molar-refractivity contribution is 5.91. The summed E-state index contributed by atoms with van der Waals surface area (Å²) in [6.45, 7) is 3.53. The molecule has 0 atom stereocenters. The van der Waals surface area contributed by atoms with Crippen LogP contribution in [0.1, 0.15) is 33.3 Å². The Labute approximate surface area is 170 Å². The quantitative estimate of drug-likeness (QED) is 0.700. The Balaban J connectivity index is 1.55. The normalized spacial score (nSPS) is 15.0. The summed E-state index contributed by atoms with van der Waals surface area (Å²) in [7, 11) is 0. The van der Waals surface area contributed by atoms with E-state index in [0.29, 0.717) is 19.6 Å². The van der Waals surface area contributed by atoms with Crippen LogP contribution >= 0.6 is 0 Å². The van der Waals surface area contributed by atoms with Crippen molar-refractivity contribution in [1.82, 2.24) is 15.0 Å². The molecule has 2 heterocycles. The first-order valence-electron chi connectivity index (χ1n) is 9.95. The number of rotatable bonds is 6. The van der Waals surface area contributed by atoms with E-state index in [1.165, 1.54) is 0 Å². The van der Waals surface area contributed by atoms with Gasteiger partial charge in [0.25, 0.3) is 5.91 Å². The summed E-state index contributed by atoms with van der Waals surface area (Å²) in [6, 6.07) is 22.0. The SMILES string of the molecule is O=C(c1cc(C(c2ccccc2)c2ccccc2)no1)N1CCN(CCO)CC1. The van der Waals surface area contributed by atoms with Crippen LogP contribution in [0.2, 0.25) is 0 Å². The molecule has 1 saturated heterocycles. The van der Waals surface area contributed by atoms with Gasteiger partial charge in [-0.15, -0.1) is 0 Å². The molecule has 1 amide bonds. The lowest BCUT2D eigenvalue weighted by Gasteiger charge is -2.33. The molecule has 0 saturated carbocycles. The molecule has 29 heavy (non-hydrogen) atoms. The van der Waals surface area contributed by atoms with Crippen LogP contribution in [0.15, 0.2) is 71.3 Å². The summed E-state index contributed by atoms with van der Waals surface area (Å²) in [5.74, 6) is 0.0452. The topological polar surface area (TPSA) is 69.8 Å². The molecule has 6 heteroatoms. The van der Waals surface area contributed by atoms with E-state index in [9.17, 15) is 4.79 Å². The third kappa shape index (κ3) is 4.39. The number of nitrogens with zero attached hydrogens (tertiary/aromatic N) is 3. The van der Waals surface area contributed by atoms with Crippen molar-refractivity contribution in [2.24, 2.45) is 0 Å². The maximum absolute atomic E-state index is 12.9.